The second-order valence-corrected chi connectivity index (χ2v) is 9.60. The highest BCUT2D eigenvalue weighted by Crippen LogP contribution is 2.31. The second kappa shape index (κ2) is 11.0. The van der Waals surface area contributed by atoms with Crippen molar-refractivity contribution in [2.75, 3.05) is 25.0 Å². The summed E-state index contributed by atoms with van der Waals surface area (Å²) >= 11 is 0. The summed E-state index contributed by atoms with van der Waals surface area (Å²) in [7, 11) is 0. The van der Waals surface area contributed by atoms with Crippen LogP contribution < -0.4 is 5.32 Å². The van der Waals surface area contributed by atoms with Crippen molar-refractivity contribution in [1.82, 2.24) is 14.5 Å². The highest BCUT2D eigenvalue weighted by Gasteiger charge is 2.31. The molecule has 0 saturated carbocycles. The quantitative estimate of drug-likeness (QED) is 0.321. The van der Waals surface area contributed by atoms with Crippen molar-refractivity contribution in [1.29, 1.82) is 0 Å². The van der Waals surface area contributed by atoms with Crippen molar-refractivity contribution in [2.45, 2.75) is 38.4 Å². The van der Waals surface area contributed by atoms with Gasteiger partial charge >= 0.3 is 6.18 Å². The number of aliphatic hydroxyl groups is 1. The fraction of sp³-hybridized carbons (Fsp3) is 0.310. The van der Waals surface area contributed by atoms with Crippen LogP contribution in [0.3, 0.4) is 0 Å². The average Bonchev–Trinajstić information content (AvgIpc) is 3.26. The summed E-state index contributed by atoms with van der Waals surface area (Å²) < 4.78 is 41.4. The molecule has 0 radical (unpaired) electrons. The van der Waals surface area contributed by atoms with E-state index in [4.69, 9.17) is 0 Å². The minimum absolute atomic E-state index is 0.0332. The zero-order valence-corrected chi connectivity index (χ0v) is 20.8. The first kappa shape index (κ1) is 25.9. The van der Waals surface area contributed by atoms with Crippen LogP contribution in [0.15, 0.2) is 66.7 Å². The maximum Gasteiger partial charge on any atom is 0.416 e. The summed E-state index contributed by atoms with van der Waals surface area (Å²) in [5, 5.41) is 12.0. The number of nitrogens with one attached hydrogen (secondary N) is 1. The first-order chi connectivity index (χ1) is 18.3. The summed E-state index contributed by atoms with van der Waals surface area (Å²) in [4.78, 5) is 20.2. The minimum atomic E-state index is -4.55. The van der Waals surface area contributed by atoms with Crippen molar-refractivity contribution >= 4 is 22.9 Å². The molecule has 4 aromatic rings. The molecule has 1 amide bonds. The Morgan fingerprint density at radius 3 is 2.39 bits per heavy atom. The molecule has 0 aliphatic carbocycles. The molecule has 9 heteroatoms. The number of amides is 1. The number of fused-ring (bicyclic) bond motifs is 1. The molecule has 38 heavy (non-hydrogen) atoms. The smallest absolute Gasteiger partial charge is 0.396 e. The first-order valence-electron chi connectivity index (χ1n) is 12.7. The Hall–Kier alpha value is -3.69. The molecule has 0 unspecified atom stereocenters. The van der Waals surface area contributed by atoms with E-state index < -0.39 is 17.6 Å². The monoisotopic (exact) mass is 522 g/mol. The molecule has 1 aliphatic heterocycles. The Morgan fingerprint density at radius 1 is 0.947 bits per heavy atom. The Labute approximate surface area is 218 Å². The third-order valence-electron chi connectivity index (χ3n) is 6.85. The van der Waals surface area contributed by atoms with Gasteiger partial charge in [-0.05, 0) is 85.9 Å². The number of halogens is 3. The predicted molar refractivity (Wildman–Crippen MR) is 140 cm³/mol. The third-order valence-corrected chi connectivity index (χ3v) is 6.85. The summed E-state index contributed by atoms with van der Waals surface area (Å²) in [6.45, 7) is 2.96. The van der Waals surface area contributed by atoms with Crippen molar-refractivity contribution in [3.63, 3.8) is 0 Å². The van der Waals surface area contributed by atoms with Crippen LogP contribution in [0.25, 0.3) is 16.7 Å². The summed E-state index contributed by atoms with van der Waals surface area (Å²) in [6.07, 6.45) is -0.399. The standard InChI is InChI=1S/C29H29F3N4O2/c30-29(31,32)23-6-4-5-22(18-23)27(38)34-28-33-25-17-21(19-35-14-2-1-3-15-35)9-12-26(25)36(28)24-10-7-20(8-11-24)13-16-37/h4-12,17-18,37H,1-3,13-16,19H2,(H,33,34,38). The Bertz CT molecular complexity index is 1420. The van der Waals surface area contributed by atoms with Crippen LogP contribution >= 0.6 is 0 Å². The summed E-state index contributed by atoms with van der Waals surface area (Å²) in [5.41, 5.74) is 3.25. The topological polar surface area (TPSA) is 70.4 Å². The van der Waals surface area contributed by atoms with Gasteiger partial charge in [0.05, 0.1) is 16.6 Å². The number of hydrogen-bond donors (Lipinski definition) is 2. The number of imidazole rings is 1. The van der Waals surface area contributed by atoms with Crippen LogP contribution in [0.2, 0.25) is 0 Å². The second-order valence-electron chi connectivity index (χ2n) is 9.60. The molecule has 2 heterocycles. The molecule has 198 valence electrons. The normalized spacial score (nSPS) is 14.6. The van der Waals surface area contributed by atoms with Crippen LogP contribution in [-0.2, 0) is 19.1 Å². The third kappa shape index (κ3) is 5.74. The van der Waals surface area contributed by atoms with Gasteiger partial charge in [-0.1, -0.05) is 30.7 Å². The van der Waals surface area contributed by atoms with E-state index in [9.17, 15) is 23.1 Å². The van der Waals surface area contributed by atoms with Crippen LogP contribution in [0.1, 0.15) is 46.3 Å². The van der Waals surface area contributed by atoms with Crippen LogP contribution in [-0.4, -0.2) is 45.2 Å². The number of rotatable bonds is 7. The van der Waals surface area contributed by atoms with Gasteiger partial charge in [0.2, 0.25) is 5.95 Å². The highest BCUT2D eigenvalue weighted by atomic mass is 19.4. The lowest BCUT2D eigenvalue weighted by Crippen LogP contribution is -2.29. The zero-order valence-electron chi connectivity index (χ0n) is 20.8. The number of piperidine rings is 1. The van der Waals surface area contributed by atoms with Gasteiger partial charge in [-0.25, -0.2) is 4.98 Å². The zero-order chi connectivity index (χ0) is 26.7. The van der Waals surface area contributed by atoms with Gasteiger partial charge < -0.3 is 5.11 Å². The van der Waals surface area contributed by atoms with Crippen molar-refractivity contribution in [2.24, 2.45) is 0 Å². The number of hydrogen-bond acceptors (Lipinski definition) is 4. The Balaban J connectivity index is 1.51. The lowest BCUT2D eigenvalue weighted by Gasteiger charge is -2.26. The lowest BCUT2D eigenvalue weighted by atomic mass is 10.1. The predicted octanol–water partition coefficient (Wildman–Crippen LogP) is 5.82. The number of nitrogens with zero attached hydrogens (tertiary/aromatic N) is 3. The number of anilines is 1. The average molecular weight is 523 g/mol. The molecule has 0 atom stereocenters. The molecule has 0 spiro atoms. The van der Waals surface area contributed by atoms with E-state index in [1.54, 1.807) is 4.57 Å². The molecule has 1 fully saturated rings. The molecule has 2 N–H and O–H groups in total. The fourth-order valence-electron chi connectivity index (χ4n) is 4.90. The number of alkyl halides is 3. The van der Waals surface area contributed by atoms with Crippen LogP contribution in [0.5, 0.6) is 0 Å². The molecule has 5 rings (SSSR count). The molecule has 6 nitrogen and oxygen atoms in total. The fourth-order valence-corrected chi connectivity index (χ4v) is 4.90. The van der Waals surface area contributed by atoms with Gasteiger partial charge in [-0.15, -0.1) is 0 Å². The molecular formula is C29H29F3N4O2. The van der Waals surface area contributed by atoms with Crippen LogP contribution in [0, 0.1) is 0 Å². The van der Waals surface area contributed by atoms with E-state index in [1.807, 2.05) is 42.5 Å². The Kier molecular flexibility index (Phi) is 7.49. The molecular weight excluding hydrogens is 493 g/mol. The van der Waals surface area contributed by atoms with Crippen molar-refractivity contribution < 1.29 is 23.1 Å². The van der Waals surface area contributed by atoms with Gasteiger partial charge in [0.25, 0.3) is 5.91 Å². The molecule has 0 bridgehead atoms. The number of aromatic nitrogens is 2. The van der Waals surface area contributed by atoms with Crippen molar-refractivity contribution in [3.8, 4) is 5.69 Å². The first-order valence-corrected chi connectivity index (χ1v) is 12.7. The largest absolute Gasteiger partial charge is 0.416 e. The summed E-state index contributed by atoms with van der Waals surface area (Å²) in [6, 6.07) is 17.9. The van der Waals surface area contributed by atoms with E-state index >= 15 is 0 Å². The molecule has 1 saturated heterocycles. The van der Waals surface area contributed by atoms with Gasteiger partial charge in [-0.3, -0.25) is 19.6 Å². The number of benzene rings is 3. The van der Waals surface area contributed by atoms with Gasteiger partial charge in [0.1, 0.15) is 0 Å². The number of carbonyl (C=O) groups excluding carboxylic acids is 1. The number of carbonyl (C=O) groups is 1. The van der Waals surface area contributed by atoms with E-state index in [0.29, 0.717) is 11.9 Å². The lowest BCUT2D eigenvalue weighted by molar-refractivity contribution is -0.137. The maximum atomic E-state index is 13.2. The van der Waals surface area contributed by atoms with Gasteiger partial charge in [-0.2, -0.15) is 13.2 Å². The molecule has 1 aromatic heterocycles. The Morgan fingerprint density at radius 2 is 1.68 bits per heavy atom. The van der Waals surface area contributed by atoms with Gasteiger partial charge in [0, 0.05) is 24.4 Å². The van der Waals surface area contributed by atoms with E-state index in [2.05, 4.69) is 15.2 Å². The highest BCUT2D eigenvalue weighted by molar-refractivity contribution is 6.04. The van der Waals surface area contributed by atoms with E-state index in [1.165, 1.54) is 31.4 Å². The van der Waals surface area contributed by atoms with E-state index in [-0.39, 0.29) is 18.1 Å². The SMILES string of the molecule is O=C(Nc1nc2cc(CN3CCCCC3)ccc2n1-c1ccc(CCO)cc1)c1cccc(C(F)(F)F)c1. The maximum absolute atomic E-state index is 13.2. The van der Waals surface area contributed by atoms with E-state index in [0.717, 1.165) is 54.1 Å². The summed E-state index contributed by atoms with van der Waals surface area (Å²) in [5.74, 6) is -0.467. The minimum Gasteiger partial charge on any atom is -0.396 e. The van der Waals surface area contributed by atoms with Crippen molar-refractivity contribution in [3.05, 3.63) is 89.0 Å². The molecule has 3 aromatic carbocycles. The van der Waals surface area contributed by atoms with Crippen LogP contribution in [0.4, 0.5) is 19.1 Å². The van der Waals surface area contributed by atoms with Gasteiger partial charge in [0.15, 0.2) is 0 Å². The number of aliphatic hydroxyl groups excluding tert-OH is 1. The number of likely N-dealkylation sites (tertiary alicyclic amines) is 1. The molecule has 1 aliphatic rings.